The lowest BCUT2D eigenvalue weighted by atomic mass is 10.1. The summed E-state index contributed by atoms with van der Waals surface area (Å²) in [6.07, 6.45) is 1.55. The molecule has 0 fully saturated rings. The smallest absolute Gasteiger partial charge is 0.228 e. The van der Waals surface area contributed by atoms with Crippen LogP contribution < -0.4 is 10.6 Å². The molecule has 0 aromatic carbocycles. The predicted molar refractivity (Wildman–Crippen MR) is 69.7 cm³/mol. The highest BCUT2D eigenvalue weighted by molar-refractivity contribution is 7.84. The zero-order chi connectivity index (χ0) is 13.1. The van der Waals surface area contributed by atoms with Crippen LogP contribution in [0.4, 0.5) is 11.9 Å². The third-order valence-electron chi connectivity index (χ3n) is 1.69. The second kappa shape index (κ2) is 5.39. The van der Waals surface area contributed by atoms with Crippen LogP contribution in [-0.4, -0.2) is 37.5 Å². The van der Waals surface area contributed by atoms with Gasteiger partial charge in [-0.2, -0.15) is 15.0 Å². The first-order chi connectivity index (χ1) is 7.81. The third kappa shape index (κ3) is 4.64. The molecule has 0 saturated carbocycles. The lowest BCUT2D eigenvalue weighted by Gasteiger charge is -2.20. The monoisotopic (exact) mass is 257 g/mol. The van der Waals surface area contributed by atoms with E-state index in [9.17, 15) is 4.21 Å². The Morgan fingerprint density at radius 3 is 2.24 bits per heavy atom. The summed E-state index contributed by atoms with van der Waals surface area (Å²) < 4.78 is 11.4. The van der Waals surface area contributed by atoms with Crippen molar-refractivity contribution in [3.8, 4) is 0 Å². The molecule has 0 saturated heterocycles. The van der Waals surface area contributed by atoms with Gasteiger partial charge in [0.25, 0.3) is 0 Å². The fourth-order valence-corrected chi connectivity index (χ4v) is 1.54. The van der Waals surface area contributed by atoms with Gasteiger partial charge < -0.3 is 10.6 Å². The minimum absolute atomic E-state index is 0.155. The summed E-state index contributed by atoms with van der Waals surface area (Å²) in [6.45, 7) is 8.67. The number of rotatable bonds is 4. The van der Waals surface area contributed by atoms with Crippen LogP contribution in [0.5, 0.6) is 0 Å². The molecule has 0 spiro atoms. The molecule has 0 aliphatic rings. The van der Waals surface area contributed by atoms with Crippen molar-refractivity contribution in [3.63, 3.8) is 0 Å². The average molecular weight is 257 g/mol. The first-order valence-corrected chi connectivity index (χ1v) is 6.99. The Balaban J connectivity index is 3.07. The standard InChI is InChI=1S/C10H19N5OS/c1-6-11-7-12-8(15-10(2,3)4)14-9(13-7)17(5)16/h6H2,1-5H3,(H2,11,12,13,14,15). The van der Waals surface area contributed by atoms with Gasteiger partial charge in [-0.3, -0.25) is 4.21 Å². The van der Waals surface area contributed by atoms with Gasteiger partial charge >= 0.3 is 0 Å². The normalized spacial score (nSPS) is 13.2. The molecule has 7 heteroatoms. The van der Waals surface area contributed by atoms with Crippen LogP contribution >= 0.6 is 0 Å². The Morgan fingerprint density at radius 2 is 1.76 bits per heavy atom. The van der Waals surface area contributed by atoms with Crippen LogP contribution in [0.3, 0.4) is 0 Å². The van der Waals surface area contributed by atoms with Gasteiger partial charge in [0.2, 0.25) is 17.1 Å². The Morgan fingerprint density at radius 1 is 1.18 bits per heavy atom. The molecule has 0 amide bonds. The van der Waals surface area contributed by atoms with Gasteiger partial charge in [0.15, 0.2) is 0 Å². The highest BCUT2D eigenvalue weighted by Gasteiger charge is 2.14. The van der Waals surface area contributed by atoms with E-state index >= 15 is 0 Å². The van der Waals surface area contributed by atoms with Crippen LogP contribution in [0.15, 0.2) is 5.16 Å². The maximum Gasteiger partial charge on any atom is 0.228 e. The number of nitrogens with zero attached hydrogens (tertiary/aromatic N) is 3. The van der Waals surface area contributed by atoms with Gasteiger partial charge in [-0.05, 0) is 27.7 Å². The summed E-state index contributed by atoms with van der Waals surface area (Å²) in [5.74, 6) is 0.883. The van der Waals surface area contributed by atoms with Crippen molar-refractivity contribution >= 4 is 22.7 Å². The lowest BCUT2D eigenvalue weighted by molar-refractivity contribution is 0.621. The van der Waals surface area contributed by atoms with Crippen LogP contribution in [0.1, 0.15) is 27.7 Å². The van der Waals surface area contributed by atoms with Crippen molar-refractivity contribution in [1.82, 2.24) is 15.0 Å². The number of nitrogens with one attached hydrogen (secondary N) is 2. The Labute approximate surface area is 104 Å². The molecule has 0 aliphatic carbocycles. The number of aromatic nitrogens is 3. The lowest BCUT2D eigenvalue weighted by Crippen LogP contribution is -2.28. The van der Waals surface area contributed by atoms with Gasteiger partial charge in [0, 0.05) is 18.3 Å². The van der Waals surface area contributed by atoms with Crippen LogP contribution in [-0.2, 0) is 10.8 Å². The molecule has 1 heterocycles. The molecule has 0 aliphatic heterocycles. The molecular weight excluding hydrogens is 238 g/mol. The van der Waals surface area contributed by atoms with Crippen LogP contribution in [0, 0.1) is 0 Å². The summed E-state index contributed by atoms with van der Waals surface area (Å²) in [5, 5.41) is 6.41. The molecular formula is C10H19N5OS. The van der Waals surface area contributed by atoms with E-state index in [2.05, 4.69) is 25.6 Å². The van der Waals surface area contributed by atoms with E-state index in [1.165, 1.54) is 0 Å². The quantitative estimate of drug-likeness (QED) is 0.845. The third-order valence-corrected chi connectivity index (χ3v) is 2.39. The molecule has 6 nitrogen and oxygen atoms in total. The van der Waals surface area contributed by atoms with E-state index in [0.29, 0.717) is 18.4 Å². The Hall–Kier alpha value is -1.24. The molecule has 0 radical (unpaired) electrons. The van der Waals surface area contributed by atoms with Crippen molar-refractivity contribution in [1.29, 1.82) is 0 Å². The largest absolute Gasteiger partial charge is 0.354 e. The van der Waals surface area contributed by atoms with Crippen LogP contribution in [0.2, 0.25) is 0 Å². The SMILES string of the molecule is CCNc1nc(NC(C)(C)C)nc(S(C)=O)n1. The van der Waals surface area contributed by atoms with Crippen molar-refractivity contribution in [2.24, 2.45) is 0 Å². The minimum Gasteiger partial charge on any atom is -0.354 e. The topological polar surface area (TPSA) is 79.8 Å². The highest BCUT2D eigenvalue weighted by atomic mass is 32.2. The average Bonchev–Trinajstić information content (AvgIpc) is 2.14. The maximum atomic E-state index is 11.4. The van der Waals surface area contributed by atoms with Crippen molar-refractivity contribution in [3.05, 3.63) is 0 Å². The molecule has 17 heavy (non-hydrogen) atoms. The Bertz CT molecular complexity index is 416. The van der Waals surface area contributed by atoms with Crippen LogP contribution in [0.25, 0.3) is 0 Å². The van der Waals surface area contributed by atoms with Gasteiger partial charge in [0.1, 0.15) is 0 Å². The summed E-state index contributed by atoms with van der Waals surface area (Å²) in [4.78, 5) is 12.4. The molecule has 1 rings (SSSR count). The molecule has 1 unspecified atom stereocenters. The fourth-order valence-electron chi connectivity index (χ4n) is 1.11. The molecule has 0 bridgehead atoms. The summed E-state index contributed by atoms with van der Waals surface area (Å²) in [5.41, 5.74) is -0.155. The van der Waals surface area contributed by atoms with Gasteiger partial charge in [-0.15, -0.1) is 0 Å². The molecule has 2 N–H and O–H groups in total. The van der Waals surface area contributed by atoms with Gasteiger partial charge in [-0.1, -0.05) is 0 Å². The van der Waals surface area contributed by atoms with Crippen molar-refractivity contribution < 1.29 is 4.21 Å². The second-order valence-corrected chi connectivity index (χ2v) is 5.90. The van der Waals surface area contributed by atoms with Crippen molar-refractivity contribution in [2.45, 2.75) is 38.4 Å². The molecule has 1 atom stereocenters. The highest BCUT2D eigenvalue weighted by Crippen LogP contribution is 2.13. The summed E-state index contributed by atoms with van der Waals surface area (Å²) in [7, 11) is -1.22. The number of anilines is 2. The van der Waals surface area contributed by atoms with E-state index in [1.54, 1.807) is 6.26 Å². The first-order valence-electron chi connectivity index (χ1n) is 5.43. The minimum atomic E-state index is -1.22. The zero-order valence-corrected chi connectivity index (χ0v) is 11.7. The maximum absolute atomic E-state index is 11.4. The first kappa shape index (κ1) is 13.8. The number of hydrogen-bond donors (Lipinski definition) is 2. The van der Waals surface area contributed by atoms with E-state index in [4.69, 9.17) is 0 Å². The van der Waals surface area contributed by atoms with E-state index in [1.807, 2.05) is 27.7 Å². The summed E-state index contributed by atoms with van der Waals surface area (Å²) in [6, 6.07) is 0. The van der Waals surface area contributed by atoms with E-state index < -0.39 is 10.8 Å². The second-order valence-electron chi connectivity index (χ2n) is 4.62. The predicted octanol–water partition coefficient (Wildman–Crippen LogP) is 1.25. The number of hydrogen-bond acceptors (Lipinski definition) is 6. The van der Waals surface area contributed by atoms with Crippen molar-refractivity contribution in [2.75, 3.05) is 23.4 Å². The van der Waals surface area contributed by atoms with E-state index in [0.717, 1.165) is 0 Å². The van der Waals surface area contributed by atoms with Gasteiger partial charge in [-0.25, -0.2) is 0 Å². The van der Waals surface area contributed by atoms with E-state index in [-0.39, 0.29) is 10.7 Å². The molecule has 1 aromatic rings. The molecule has 1 aromatic heterocycles. The zero-order valence-electron chi connectivity index (χ0n) is 10.9. The fraction of sp³-hybridized carbons (Fsp3) is 0.700. The Kier molecular flexibility index (Phi) is 4.39. The summed E-state index contributed by atoms with van der Waals surface area (Å²) >= 11 is 0. The van der Waals surface area contributed by atoms with Gasteiger partial charge in [0.05, 0.1) is 10.8 Å². The molecule has 96 valence electrons.